The lowest BCUT2D eigenvalue weighted by Gasteiger charge is -1.99. The van der Waals surface area contributed by atoms with Crippen LogP contribution >= 0.6 is 12.4 Å². The molecule has 1 N–H and O–H groups in total. The second-order valence-electron chi connectivity index (χ2n) is 4.87. The minimum Gasteiger partial charge on any atom is -0.362 e. The highest BCUT2D eigenvalue weighted by atomic mass is 35.5. The van der Waals surface area contributed by atoms with Crippen molar-refractivity contribution in [3.05, 3.63) is 84.1 Å². The molecule has 3 heteroatoms. The lowest BCUT2D eigenvalue weighted by Crippen LogP contribution is -1.85. The molecule has 0 spiro atoms. The third kappa shape index (κ3) is 6.42. The maximum absolute atomic E-state index is 4.35. The van der Waals surface area contributed by atoms with E-state index < -0.39 is 0 Å². The first-order valence-electron chi connectivity index (χ1n) is 7.00. The topological polar surface area (TPSA) is 24.4 Å². The predicted molar refractivity (Wildman–Crippen MR) is 99.7 cm³/mol. The highest BCUT2D eigenvalue weighted by Crippen LogP contribution is 2.11. The zero-order chi connectivity index (χ0) is 14.9. The van der Waals surface area contributed by atoms with Gasteiger partial charge < -0.3 is 5.32 Å². The Bertz CT molecular complexity index is 638. The van der Waals surface area contributed by atoms with Gasteiger partial charge in [0.15, 0.2) is 0 Å². The van der Waals surface area contributed by atoms with Crippen LogP contribution in [0.25, 0.3) is 0 Å². The molecule has 0 aliphatic rings. The molecule has 2 rings (SSSR count). The summed E-state index contributed by atoms with van der Waals surface area (Å²) < 4.78 is 0. The number of aryl methyl sites for hydroxylation is 2. The molecule has 0 aromatic heterocycles. The fourth-order valence-electron chi connectivity index (χ4n) is 1.72. The molecule has 114 valence electrons. The molecule has 0 heterocycles. The van der Waals surface area contributed by atoms with Crippen LogP contribution in [0.2, 0.25) is 0 Å². The molecule has 0 aliphatic carbocycles. The van der Waals surface area contributed by atoms with Crippen molar-refractivity contribution in [1.29, 1.82) is 0 Å². The van der Waals surface area contributed by atoms with E-state index in [1.807, 2.05) is 36.6 Å². The van der Waals surface area contributed by atoms with Gasteiger partial charge in [0, 0.05) is 18.1 Å². The Labute approximate surface area is 138 Å². The van der Waals surface area contributed by atoms with E-state index in [4.69, 9.17) is 0 Å². The summed E-state index contributed by atoms with van der Waals surface area (Å²) in [6, 6.07) is 16.4. The number of nitrogens with one attached hydrogen (secondary N) is 1. The Hall–Kier alpha value is -2.32. The molecule has 22 heavy (non-hydrogen) atoms. The molecular weight excluding hydrogens is 292 g/mol. The van der Waals surface area contributed by atoms with E-state index in [2.05, 4.69) is 60.6 Å². The van der Waals surface area contributed by atoms with Gasteiger partial charge in [0.1, 0.15) is 0 Å². The smallest absolute Gasteiger partial charge is 0.0629 e. The summed E-state index contributed by atoms with van der Waals surface area (Å²) in [6.45, 7) is 4.15. The molecular formula is C19H21ClN2. The number of nitrogens with zero attached hydrogens (tertiary/aromatic N) is 1. The number of anilines is 1. The molecule has 2 aromatic rings. The van der Waals surface area contributed by atoms with Crippen LogP contribution in [0.3, 0.4) is 0 Å². The van der Waals surface area contributed by atoms with Crippen LogP contribution in [-0.4, -0.2) is 6.21 Å². The Morgan fingerprint density at radius 3 is 2.00 bits per heavy atom. The second-order valence-corrected chi connectivity index (χ2v) is 4.87. The second kappa shape index (κ2) is 9.59. The summed E-state index contributed by atoms with van der Waals surface area (Å²) in [7, 11) is 0. The van der Waals surface area contributed by atoms with E-state index >= 15 is 0 Å². The average molecular weight is 313 g/mol. The molecule has 2 aromatic carbocycles. The van der Waals surface area contributed by atoms with Gasteiger partial charge in [-0.15, -0.1) is 12.4 Å². The zero-order valence-corrected chi connectivity index (χ0v) is 13.7. The van der Waals surface area contributed by atoms with Crippen molar-refractivity contribution in [3.8, 4) is 0 Å². The Balaban J connectivity index is 0.00000242. The number of allylic oxidation sites excluding steroid dienone is 3. The lowest BCUT2D eigenvalue weighted by molar-refractivity contribution is 1.44. The Kier molecular flexibility index (Phi) is 7.73. The minimum atomic E-state index is 0. The first-order chi connectivity index (χ1) is 10.2. The zero-order valence-electron chi connectivity index (χ0n) is 12.9. The van der Waals surface area contributed by atoms with E-state index in [0.29, 0.717) is 0 Å². The fourth-order valence-corrected chi connectivity index (χ4v) is 1.72. The molecule has 0 atom stereocenters. The van der Waals surface area contributed by atoms with Crippen LogP contribution < -0.4 is 5.32 Å². The molecule has 0 amide bonds. The summed E-state index contributed by atoms with van der Waals surface area (Å²) in [4.78, 5) is 4.35. The van der Waals surface area contributed by atoms with Crippen molar-refractivity contribution in [3.63, 3.8) is 0 Å². The third-order valence-electron chi connectivity index (χ3n) is 2.96. The van der Waals surface area contributed by atoms with Gasteiger partial charge in [-0.25, -0.2) is 0 Å². The Morgan fingerprint density at radius 1 is 0.773 bits per heavy atom. The van der Waals surface area contributed by atoms with E-state index in [0.717, 1.165) is 11.4 Å². The molecule has 0 aliphatic heterocycles. The molecule has 0 saturated carbocycles. The highest BCUT2D eigenvalue weighted by molar-refractivity contribution is 5.85. The molecule has 0 fully saturated rings. The van der Waals surface area contributed by atoms with E-state index in [9.17, 15) is 0 Å². The van der Waals surface area contributed by atoms with Crippen molar-refractivity contribution in [2.24, 2.45) is 4.99 Å². The minimum absolute atomic E-state index is 0. The first kappa shape index (κ1) is 17.7. The highest BCUT2D eigenvalue weighted by Gasteiger charge is 1.86. The van der Waals surface area contributed by atoms with Gasteiger partial charge in [0.2, 0.25) is 0 Å². The number of benzene rings is 2. The largest absolute Gasteiger partial charge is 0.362 e. The summed E-state index contributed by atoms with van der Waals surface area (Å²) in [5.74, 6) is 0. The molecule has 0 bridgehead atoms. The van der Waals surface area contributed by atoms with Crippen LogP contribution in [-0.2, 0) is 0 Å². The van der Waals surface area contributed by atoms with E-state index in [1.165, 1.54) is 11.1 Å². The van der Waals surface area contributed by atoms with Crippen molar-refractivity contribution in [2.45, 2.75) is 13.8 Å². The number of hydrogen-bond donors (Lipinski definition) is 1. The summed E-state index contributed by atoms with van der Waals surface area (Å²) >= 11 is 0. The maximum Gasteiger partial charge on any atom is 0.0629 e. The lowest BCUT2D eigenvalue weighted by atomic mass is 10.2. The fraction of sp³-hybridized carbons (Fsp3) is 0.105. The molecule has 0 saturated heterocycles. The van der Waals surface area contributed by atoms with Gasteiger partial charge >= 0.3 is 0 Å². The van der Waals surface area contributed by atoms with Gasteiger partial charge in [0.25, 0.3) is 0 Å². The van der Waals surface area contributed by atoms with Crippen LogP contribution in [0.4, 0.5) is 11.4 Å². The number of aliphatic imine (C=N–C) groups is 1. The molecule has 0 radical (unpaired) electrons. The van der Waals surface area contributed by atoms with Crippen molar-refractivity contribution >= 4 is 30.0 Å². The monoisotopic (exact) mass is 312 g/mol. The van der Waals surface area contributed by atoms with Crippen LogP contribution in [0.5, 0.6) is 0 Å². The third-order valence-corrected chi connectivity index (χ3v) is 2.96. The van der Waals surface area contributed by atoms with E-state index in [-0.39, 0.29) is 12.4 Å². The normalized spacial score (nSPS) is 11.2. The van der Waals surface area contributed by atoms with Crippen LogP contribution in [0, 0.1) is 13.8 Å². The summed E-state index contributed by atoms with van der Waals surface area (Å²) in [5, 5.41) is 3.21. The maximum atomic E-state index is 4.35. The van der Waals surface area contributed by atoms with Gasteiger partial charge in [-0.05, 0) is 50.3 Å². The average Bonchev–Trinajstić information content (AvgIpc) is 2.50. The van der Waals surface area contributed by atoms with Crippen molar-refractivity contribution in [2.75, 3.05) is 5.32 Å². The quantitative estimate of drug-likeness (QED) is 0.563. The molecule has 2 nitrogen and oxygen atoms in total. The van der Waals surface area contributed by atoms with Gasteiger partial charge in [0.05, 0.1) is 5.69 Å². The number of rotatable bonds is 5. The predicted octanol–water partition coefficient (Wildman–Crippen LogP) is 5.61. The Morgan fingerprint density at radius 2 is 1.36 bits per heavy atom. The van der Waals surface area contributed by atoms with Crippen LogP contribution in [0.1, 0.15) is 11.1 Å². The van der Waals surface area contributed by atoms with Crippen molar-refractivity contribution in [1.82, 2.24) is 0 Å². The number of halogens is 1. The summed E-state index contributed by atoms with van der Waals surface area (Å²) in [5.41, 5.74) is 4.55. The SMILES string of the molecule is Cc1ccc(N=C/C=C/C=C/Nc2ccc(C)cc2)cc1.Cl. The van der Waals surface area contributed by atoms with Gasteiger partial charge in [-0.1, -0.05) is 41.5 Å². The van der Waals surface area contributed by atoms with Crippen LogP contribution in [0.15, 0.2) is 78.0 Å². The standard InChI is InChI=1S/C19H20N2.ClH/c1-16-6-10-18(11-7-16)20-14-4-3-5-15-21-19-12-8-17(2)9-13-19;/h3-15,20H,1-2H3;1H/b5-3+,14-4+,21-15?;. The first-order valence-corrected chi connectivity index (χ1v) is 7.00. The molecule has 0 unspecified atom stereocenters. The number of hydrogen-bond acceptors (Lipinski definition) is 2. The van der Waals surface area contributed by atoms with Gasteiger partial charge in [-0.2, -0.15) is 0 Å². The van der Waals surface area contributed by atoms with Gasteiger partial charge in [-0.3, -0.25) is 4.99 Å². The van der Waals surface area contributed by atoms with Crippen molar-refractivity contribution < 1.29 is 0 Å². The summed E-state index contributed by atoms with van der Waals surface area (Å²) in [6.07, 6.45) is 9.49. The van der Waals surface area contributed by atoms with E-state index in [1.54, 1.807) is 6.21 Å².